The first-order valence-corrected chi connectivity index (χ1v) is 14.3. The van der Waals surface area contributed by atoms with Crippen molar-refractivity contribution >= 4 is 45.4 Å². The van der Waals surface area contributed by atoms with E-state index in [2.05, 4.69) is 34.1 Å². The molecule has 4 amide bonds. The lowest BCUT2D eigenvalue weighted by Gasteiger charge is -2.42. The molecule has 4 N–H and O–H groups in total. The van der Waals surface area contributed by atoms with Crippen LogP contribution in [0.3, 0.4) is 0 Å². The van der Waals surface area contributed by atoms with Crippen molar-refractivity contribution in [3.63, 3.8) is 0 Å². The van der Waals surface area contributed by atoms with Crippen LogP contribution < -0.4 is 16.2 Å². The smallest absolute Gasteiger partial charge is 0.427 e. The van der Waals surface area contributed by atoms with Gasteiger partial charge in [0.15, 0.2) is 5.69 Å². The Morgan fingerprint density at radius 1 is 1.09 bits per heavy atom. The average Bonchev–Trinajstić information content (AvgIpc) is 2.96. The highest BCUT2D eigenvalue weighted by atomic mass is 79.9. The Balaban J connectivity index is 1.92. The first-order chi connectivity index (χ1) is 21.5. The highest BCUT2D eigenvalue weighted by molar-refractivity contribution is 9.10. The van der Waals surface area contributed by atoms with Gasteiger partial charge in [0.2, 0.25) is 5.60 Å². The summed E-state index contributed by atoms with van der Waals surface area (Å²) >= 11 is 3.07. The lowest BCUT2D eigenvalue weighted by Crippen LogP contribution is -2.61. The molecule has 1 fully saturated rings. The van der Waals surface area contributed by atoms with E-state index in [0.717, 1.165) is 17.0 Å². The number of carboxylic acid groups (broad SMARTS) is 1. The number of hydrazine groups is 1. The molecule has 17 heteroatoms. The van der Waals surface area contributed by atoms with Gasteiger partial charge in [0.05, 0.1) is 16.8 Å². The molecule has 0 aliphatic heterocycles. The molecule has 0 spiro atoms. The summed E-state index contributed by atoms with van der Waals surface area (Å²) in [4.78, 5) is 56.1. The molecule has 1 aliphatic rings. The summed E-state index contributed by atoms with van der Waals surface area (Å²) in [7, 11) is 0. The van der Waals surface area contributed by atoms with Crippen molar-refractivity contribution in [3.05, 3.63) is 83.1 Å². The largest absolute Gasteiger partial charge is 0.465 e. The van der Waals surface area contributed by atoms with Gasteiger partial charge in [-0.2, -0.15) is 13.2 Å². The third kappa shape index (κ3) is 8.45. The van der Waals surface area contributed by atoms with E-state index in [0.29, 0.717) is 5.56 Å². The van der Waals surface area contributed by atoms with Gasteiger partial charge in [-0.3, -0.25) is 30.6 Å². The molecule has 11 nitrogen and oxygen atoms in total. The summed E-state index contributed by atoms with van der Waals surface area (Å²) in [5, 5.41) is 11.1. The van der Waals surface area contributed by atoms with Crippen molar-refractivity contribution in [2.75, 3.05) is 11.9 Å². The summed E-state index contributed by atoms with van der Waals surface area (Å²) in [5.41, 5.74) is -1.65. The number of carbonyl (C=O) groups is 4. The van der Waals surface area contributed by atoms with Gasteiger partial charge < -0.3 is 14.7 Å². The van der Waals surface area contributed by atoms with E-state index in [1.165, 1.54) is 18.2 Å². The molecule has 2 aromatic rings. The van der Waals surface area contributed by atoms with Gasteiger partial charge in [0.1, 0.15) is 5.69 Å². The predicted octanol–water partition coefficient (Wildman–Crippen LogP) is 5.61. The van der Waals surface area contributed by atoms with Crippen LogP contribution in [0.25, 0.3) is 0 Å². The molecule has 248 valence electrons. The number of alkyl halides is 5. The van der Waals surface area contributed by atoms with Gasteiger partial charge in [-0.1, -0.05) is 42.5 Å². The topological polar surface area (TPSA) is 150 Å². The van der Waals surface area contributed by atoms with Gasteiger partial charge in [-0.25, -0.2) is 18.6 Å². The number of rotatable bonds is 13. The second kappa shape index (κ2) is 14.8. The van der Waals surface area contributed by atoms with Crippen molar-refractivity contribution < 1.29 is 51.0 Å². The first-order valence-electron chi connectivity index (χ1n) is 13.5. The molecular weight excluding hydrogens is 689 g/mol. The minimum absolute atomic E-state index is 0.0320. The molecule has 1 aromatic heterocycles. The molecule has 1 aliphatic carbocycles. The maximum atomic E-state index is 14.3. The maximum Gasteiger partial charge on any atom is 0.427 e. The van der Waals surface area contributed by atoms with Crippen LogP contribution in [0.5, 0.6) is 0 Å². The second-order valence-electron chi connectivity index (χ2n) is 10.1. The summed E-state index contributed by atoms with van der Waals surface area (Å²) in [6.45, 7) is 6.14. The SMILES string of the molecule is C=CCCN(C(=O)c1nc(C(=O)NNC(=O)C(CC=C)(OCc2ccccc2)C(F)(F)F)c(NC(=O)O)cc1Br)C1CC(F)(F)C1. The Morgan fingerprint density at radius 2 is 1.74 bits per heavy atom. The number of benzene rings is 1. The van der Waals surface area contributed by atoms with E-state index in [9.17, 15) is 46.2 Å². The van der Waals surface area contributed by atoms with E-state index in [4.69, 9.17) is 4.74 Å². The van der Waals surface area contributed by atoms with E-state index in [1.54, 1.807) is 29.1 Å². The van der Waals surface area contributed by atoms with E-state index in [-0.39, 0.29) is 17.4 Å². The number of ether oxygens (including phenoxy) is 1. The summed E-state index contributed by atoms with van der Waals surface area (Å²) < 4.78 is 75.2. The molecule has 1 heterocycles. The fourth-order valence-corrected chi connectivity index (χ4v) is 4.98. The minimum Gasteiger partial charge on any atom is -0.465 e. The maximum absolute atomic E-state index is 14.3. The highest BCUT2D eigenvalue weighted by Gasteiger charge is 2.61. The van der Waals surface area contributed by atoms with Crippen LogP contribution in [0.15, 0.2) is 66.2 Å². The van der Waals surface area contributed by atoms with Gasteiger partial charge in [0, 0.05) is 31.8 Å². The zero-order chi connectivity index (χ0) is 34.3. The van der Waals surface area contributed by atoms with Crippen molar-refractivity contribution in [2.24, 2.45) is 0 Å². The van der Waals surface area contributed by atoms with Gasteiger partial charge in [-0.15, -0.1) is 13.2 Å². The predicted molar refractivity (Wildman–Crippen MR) is 158 cm³/mol. The van der Waals surface area contributed by atoms with Crippen LogP contribution in [-0.4, -0.2) is 69.1 Å². The zero-order valence-corrected chi connectivity index (χ0v) is 25.6. The lowest BCUT2D eigenvalue weighted by atomic mass is 9.86. The average molecular weight is 718 g/mol. The van der Waals surface area contributed by atoms with Crippen molar-refractivity contribution in [3.8, 4) is 0 Å². The van der Waals surface area contributed by atoms with E-state index >= 15 is 0 Å². The number of anilines is 1. The second-order valence-corrected chi connectivity index (χ2v) is 11.0. The Hall–Kier alpha value is -4.38. The molecular formula is C29H29BrF5N5O6. The van der Waals surface area contributed by atoms with Crippen LogP contribution in [-0.2, 0) is 16.1 Å². The Kier molecular flexibility index (Phi) is 11.6. The molecule has 0 bridgehead atoms. The van der Waals surface area contributed by atoms with Crippen molar-refractivity contribution in [1.29, 1.82) is 0 Å². The zero-order valence-electron chi connectivity index (χ0n) is 24.0. The molecule has 1 aromatic carbocycles. The Bertz CT molecular complexity index is 1480. The third-order valence-electron chi connectivity index (χ3n) is 6.85. The fourth-order valence-electron chi connectivity index (χ4n) is 4.49. The molecule has 1 unspecified atom stereocenters. The monoisotopic (exact) mass is 717 g/mol. The van der Waals surface area contributed by atoms with E-state index in [1.807, 2.05) is 5.32 Å². The van der Waals surface area contributed by atoms with Crippen LogP contribution in [0.1, 0.15) is 52.2 Å². The van der Waals surface area contributed by atoms with E-state index < -0.39 is 90.5 Å². The molecule has 0 saturated heterocycles. The number of halogens is 6. The summed E-state index contributed by atoms with van der Waals surface area (Å²) in [6, 6.07) is 7.77. The molecule has 46 heavy (non-hydrogen) atoms. The number of nitrogens with zero attached hydrogens (tertiary/aromatic N) is 2. The Morgan fingerprint density at radius 3 is 2.28 bits per heavy atom. The number of pyridine rings is 1. The van der Waals surface area contributed by atoms with Crippen LogP contribution >= 0.6 is 15.9 Å². The third-order valence-corrected chi connectivity index (χ3v) is 7.46. The molecule has 3 rings (SSSR count). The summed E-state index contributed by atoms with van der Waals surface area (Å²) in [5.74, 6) is -7.15. The van der Waals surface area contributed by atoms with Crippen molar-refractivity contribution in [1.82, 2.24) is 20.7 Å². The number of carbonyl (C=O) groups excluding carboxylic acids is 3. The molecule has 1 saturated carbocycles. The number of aromatic nitrogens is 1. The molecule has 1 atom stereocenters. The quantitative estimate of drug-likeness (QED) is 0.120. The first kappa shape index (κ1) is 36.1. The van der Waals surface area contributed by atoms with Crippen LogP contribution in [0.4, 0.5) is 32.4 Å². The highest BCUT2D eigenvalue weighted by Crippen LogP contribution is 2.41. The fraction of sp³-hybridized carbons (Fsp3) is 0.345. The number of amides is 4. The standard InChI is InChI=1S/C29H29BrF5N5O6/c1-3-5-12-40(18-14-27(31,32)15-18)24(42)21-19(30)13-20(36-26(44)45)22(37-21)23(41)38-39-25(43)28(11-4-2,29(33,34)35)46-16-17-9-7-6-8-10-17/h3-4,6-10,13,18,36H,1-2,5,11-12,14-16H2,(H,38,41)(H,39,43)(H,44,45). The van der Waals surface area contributed by atoms with Crippen molar-refractivity contribution in [2.45, 2.75) is 56.0 Å². The normalized spacial score (nSPS) is 15.4. The van der Waals surface area contributed by atoms with Gasteiger partial charge in [-0.05, 0) is 34.0 Å². The lowest BCUT2D eigenvalue weighted by molar-refractivity contribution is -0.270. The summed E-state index contributed by atoms with van der Waals surface area (Å²) in [6.07, 6.45) is -6.78. The number of hydrogen-bond acceptors (Lipinski definition) is 6. The number of hydrogen-bond donors (Lipinski definition) is 4. The van der Waals surface area contributed by atoms with Crippen LogP contribution in [0, 0.1) is 0 Å². The van der Waals surface area contributed by atoms with Gasteiger partial charge >= 0.3 is 12.3 Å². The minimum atomic E-state index is -5.30. The number of nitrogens with one attached hydrogen (secondary N) is 3. The molecule has 0 radical (unpaired) electrons. The Labute approximate surface area is 268 Å². The van der Waals surface area contributed by atoms with Crippen LogP contribution in [0.2, 0.25) is 0 Å². The van der Waals surface area contributed by atoms with Gasteiger partial charge in [0.25, 0.3) is 23.6 Å².